The topological polar surface area (TPSA) is 9.23 Å². The summed E-state index contributed by atoms with van der Waals surface area (Å²) in [6.45, 7) is -3.14. The van der Waals surface area contributed by atoms with Crippen LogP contribution in [0.2, 0.25) is 0 Å². The van der Waals surface area contributed by atoms with E-state index in [-0.39, 0.29) is 4.47 Å². The zero-order valence-corrected chi connectivity index (χ0v) is 7.62. The molecule has 1 nitrogen and oxygen atoms in total. The second-order valence-electron chi connectivity index (χ2n) is 2.08. The molecule has 1 aromatic carbocycles. The molecule has 13 heavy (non-hydrogen) atoms. The molecule has 0 unspecified atom stereocenters. The van der Waals surface area contributed by atoms with Crippen LogP contribution in [0.5, 0.6) is 5.75 Å². The van der Waals surface area contributed by atoms with Crippen molar-refractivity contribution in [2.75, 3.05) is 0 Å². The van der Waals surface area contributed by atoms with Crippen molar-refractivity contribution in [2.24, 2.45) is 0 Å². The highest BCUT2D eigenvalue weighted by molar-refractivity contribution is 9.10. The number of alkyl halides is 2. The fraction of sp³-hybridized carbons (Fsp3) is 0.143. The van der Waals surface area contributed by atoms with Gasteiger partial charge in [0.05, 0.1) is 4.47 Å². The number of benzene rings is 1. The summed E-state index contributed by atoms with van der Waals surface area (Å²) in [4.78, 5) is 0. The van der Waals surface area contributed by atoms with Gasteiger partial charge in [-0.2, -0.15) is 8.78 Å². The summed E-state index contributed by atoms with van der Waals surface area (Å²) in [5.74, 6) is -2.74. The largest absolute Gasteiger partial charge is 0.430 e. The van der Waals surface area contributed by atoms with Crippen molar-refractivity contribution >= 4 is 15.9 Å². The van der Waals surface area contributed by atoms with E-state index in [0.29, 0.717) is 6.07 Å². The molecule has 0 saturated heterocycles. The molecular formula is C7H3BrF4O. The summed E-state index contributed by atoms with van der Waals surface area (Å²) in [6.07, 6.45) is 0. The van der Waals surface area contributed by atoms with E-state index < -0.39 is 24.0 Å². The average Bonchev–Trinajstić information content (AvgIpc) is 1.96. The minimum absolute atomic E-state index is 0.190. The Morgan fingerprint density at radius 1 is 1.23 bits per heavy atom. The highest BCUT2D eigenvalue weighted by atomic mass is 79.9. The molecule has 0 spiro atoms. The van der Waals surface area contributed by atoms with E-state index in [1.807, 2.05) is 0 Å². The molecule has 0 radical (unpaired) electrons. The first-order valence-corrected chi connectivity index (χ1v) is 3.89. The lowest BCUT2D eigenvalue weighted by Gasteiger charge is -2.07. The summed E-state index contributed by atoms with van der Waals surface area (Å²) in [5, 5.41) is 0. The van der Waals surface area contributed by atoms with Gasteiger partial charge in [0.1, 0.15) is 5.82 Å². The van der Waals surface area contributed by atoms with Crippen LogP contribution >= 0.6 is 15.9 Å². The lowest BCUT2D eigenvalue weighted by Crippen LogP contribution is -2.04. The van der Waals surface area contributed by atoms with Crippen LogP contribution < -0.4 is 4.74 Å². The molecule has 0 aliphatic carbocycles. The van der Waals surface area contributed by atoms with Gasteiger partial charge < -0.3 is 4.74 Å². The highest BCUT2D eigenvalue weighted by Gasteiger charge is 2.14. The molecule has 0 saturated carbocycles. The Morgan fingerprint density at radius 3 is 2.31 bits per heavy atom. The van der Waals surface area contributed by atoms with Crippen LogP contribution in [0.15, 0.2) is 16.6 Å². The third-order valence-corrected chi connectivity index (χ3v) is 1.76. The molecular weight excluding hydrogens is 256 g/mol. The second-order valence-corrected chi connectivity index (χ2v) is 2.93. The lowest BCUT2D eigenvalue weighted by molar-refractivity contribution is -0.0528. The van der Waals surface area contributed by atoms with E-state index in [1.54, 1.807) is 0 Å². The van der Waals surface area contributed by atoms with Gasteiger partial charge >= 0.3 is 6.61 Å². The Balaban J connectivity index is 3.06. The Morgan fingerprint density at radius 2 is 1.85 bits per heavy atom. The van der Waals surface area contributed by atoms with Crippen molar-refractivity contribution in [3.63, 3.8) is 0 Å². The first-order valence-electron chi connectivity index (χ1n) is 3.10. The Kier molecular flexibility index (Phi) is 3.13. The maximum atomic E-state index is 12.7. The molecule has 0 fully saturated rings. The van der Waals surface area contributed by atoms with Crippen molar-refractivity contribution in [2.45, 2.75) is 6.61 Å². The van der Waals surface area contributed by atoms with Gasteiger partial charge in [0.2, 0.25) is 0 Å². The SMILES string of the molecule is Fc1cc(F)c(OC(F)F)c(Br)c1. The number of rotatable bonds is 2. The summed E-state index contributed by atoms with van der Waals surface area (Å²) in [7, 11) is 0. The standard InChI is InChI=1S/C7H3BrF4O/c8-4-1-3(9)2-5(10)6(4)13-7(11)12/h1-2,7H. The van der Waals surface area contributed by atoms with Crippen LogP contribution in [0.4, 0.5) is 17.6 Å². The summed E-state index contributed by atoms with van der Waals surface area (Å²) in [6, 6.07) is 1.29. The van der Waals surface area contributed by atoms with Gasteiger partial charge in [0.25, 0.3) is 0 Å². The second kappa shape index (κ2) is 3.95. The van der Waals surface area contributed by atoms with Crippen molar-refractivity contribution in [1.82, 2.24) is 0 Å². The van der Waals surface area contributed by atoms with Crippen LogP contribution in [0, 0.1) is 11.6 Å². The van der Waals surface area contributed by atoms with E-state index in [9.17, 15) is 17.6 Å². The van der Waals surface area contributed by atoms with Gasteiger partial charge in [-0.15, -0.1) is 0 Å². The summed E-state index contributed by atoms with van der Waals surface area (Å²) >= 11 is 2.69. The number of hydrogen-bond donors (Lipinski definition) is 0. The molecule has 1 rings (SSSR count). The van der Waals surface area contributed by atoms with E-state index in [4.69, 9.17) is 0 Å². The van der Waals surface area contributed by atoms with Crippen LogP contribution in [0.25, 0.3) is 0 Å². The normalized spacial score (nSPS) is 10.6. The predicted molar refractivity (Wildman–Crippen MR) is 40.7 cm³/mol. The van der Waals surface area contributed by atoms with Crippen LogP contribution in [0.1, 0.15) is 0 Å². The van der Waals surface area contributed by atoms with Crippen molar-refractivity contribution < 1.29 is 22.3 Å². The van der Waals surface area contributed by atoms with Gasteiger partial charge in [0, 0.05) is 6.07 Å². The first-order chi connectivity index (χ1) is 6.00. The molecule has 0 atom stereocenters. The Labute approximate surface area is 79.4 Å². The maximum Gasteiger partial charge on any atom is 0.387 e. The van der Waals surface area contributed by atoms with Crippen molar-refractivity contribution in [3.8, 4) is 5.75 Å². The Bertz CT molecular complexity index is 292. The van der Waals surface area contributed by atoms with E-state index in [1.165, 1.54) is 0 Å². The molecule has 0 N–H and O–H groups in total. The van der Waals surface area contributed by atoms with E-state index in [0.717, 1.165) is 6.07 Å². The molecule has 0 aliphatic rings. The van der Waals surface area contributed by atoms with Gasteiger partial charge in [-0.3, -0.25) is 0 Å². The fourth-order valence-electron chi connectivity index (χ4n) is 0.731. The molecule has 0 heterocycles. The first kappa shape index (κ1) is 10.3. The predicted octanol–water partition coefficient (Wildman–Crippen LogP) is 3.33. The van der Waals surface area contributed by atoms with Crippen molar-refractivity contribution in [1.29, 1.82) is 0 Å². The minimum Gasteiger partial charge on any atom is -0.430 e. The van der Waals surface area contributed by atoms with Crippen LogP contribution in [-0.2, 0) is 0 Å². The molecule has 0 amide bonds. The van der Waals surface area contributed by atoms with Crippen LogP contribution in [0.3, 0.4) is 0 Å². The highest BCUT2D eigenvalue weighted by Crippen LogP contribution is 2.30. The molecule has 0 aliphatic heterocycles. The quantitative estimate of drug-likeness (QED) is 0.740. The zero-order valence-electron chi connectivity index (χ0n) is 6.03. The van der Waals surface area contributed by atoms with Crippen molar-refractivity contribution in [3.05, 3.63) is 28.2 Å². The molecule has 1 aromatic rings. The minimum atomic E-state index is -3.14. The molecule has 6 heteroatoms. The van der Waals surface area contributed by atoms with E-state index in [2.05, 4.69) is 20.7 Å². The van der Waals surface area contributed by atoms with Gasteiger partial charge in [0.15, 0.2) is 11.6 Å². The summed E-state index contributed by atoms with van der Waals surface area (Å²) < 4.78 is 52.2. The number of ether oxygens (including phenoxy) is 1. The zero-order chi connectivity index (χ0) is 10.0. The molecule has 0 bridgehead atoms. The van der Waals surface area contributed by atoms with Crippen LogP contribution in [-0.4, -0.2) is 6.61 Å². The fourth-order valence-corrected chi connectivity index (χ4v) is 1.23. The Hall–Kier alpha value is -0.780. The van der Waals surface area contributed by atoms with Gasteiger partial charge in [-0.25, -0.2) is 8.78 Å². The third-order valence-electron chi connectivity index (χ3n) is 1.17. The third kappa shape index (κ3) is 2.58. The average molecular weight is 259 g/mol. The molecule has 72 valence electrons. The van der Waals surface area contributed by atoms with Gasteiger partial charge in [-0.05, 0) is 22.0 Å². The number of halogens is 5. The maximum absolute atomic E-state index is 12.7. The summed E-state index contributed by atoms with van der Waals surface area (Å²) in [5.41, 5.74) is 0. The van der Waals surface area contributed by atoms with Gasteiger partial charge in [-0.1, -0.05) is 0 Å². The lowest BCUT2D eigenvalue weighted by atomic mass is 10.3. The molecule has 0 aromatic heterocycles. The smallest absolute Gasteiger partial charge is 0.387 e. The van der Waals surface area contributed by atoms with E-state index >= 15 is 0 Å². The number of hydrogen-bond acceptors (Lipinski definition) is 1. The monoisotopic (exact) mass is 258 g/mol.